The van der Waals surface area contributed by atoms with Crippen molar-refractivity contribution in [2.24, 2.45) is 5.92 Å². The quantitative estimate of drug-likeness (QED) is 0.711. The summed E-state index contributed by atoms with van der Waals surface area (Å²) in [5, 5.41) is 7.80. The highest BCUT2D eigenvalue weighted by Crippen LogP contribution is 2.37. The van der Waals surface area contributed by atoms with E-state index in [1.807, 2.05) is 11.4 Å². The van der Waals surface area contributed by atoms with Crippen LogP contribution in [-0.2, 0) is 14.8 Å². The standard InChI is InChI=1S/C21H25N3O4S2/c25-19-14-24(12-11-22-19)30(27,28)17-9-7-16(8-10-17)21(26)23-20(15-4-1-2-5-15)18-6-3-13-29-18/h3,6-10,13,15,20H,1-2,4-5,11-12,14H2,(H,22,25)(H,23,26). The monoisotopic (exact) mass is 447 g/mol. The molecule has 7 nitrogen and oxygen atoms in total. The average molecular weight is 448 g/mol. The van der Waals surface area contributed by atoms with Crippen LogP contribution in [0.1, 0.15) is 47.0 Å². The lowest BCUT2D eigenvalue weighted by Crippen LogP contribution is -2.49. The van der Waals surface area contributed by atoms with Gasteiger partial charge in [-0.25, -0.2) is 8.42 Å². The molecule has 0 bridgehead atoms. The number of thiophene rings is 1. The van der Waals surface area contributed by atoms with Gasteiger partial charge in [0, 0.05) is 23.5 Å². The van der Waals surface area contributed by atoms with Crippen molar-refractivity contribution in [3.05, 3.63) is 52.2 Å². The zero-order valence-corrected chi connectivity index (χ0v) is 18.2. The van der Waals surface area contributed by atoms with E-state index in [1.165, 1.54) is 37.1 Å². The summed E-state index contributed by atoms with van der Waals surface area (Å²) in [5.74, 6) is -0.0912. The van der Waals surface area contributed by atoms with Gasteiger partial charge >= 0.3 is 0 Å². The number of nitrogens with one attached hydrogen (secondary N) is 2. The molecule has 2 N–H and O–H groups in total. The second-order valence-electron chi connectivity index (χ2n) is 7.72. The Labute approximate surface area is 180 Å². The van der Waals surface area contributed by atoms with Crippen LogP contribution in [0.2, 0.25) is 0 Å². The molecule has 1 atom stereocenters. The fourth-order valence-corrected chi connectivity index (χ4v) is 6.42. The van der Waals surface area contributed by atoms with Crippen LogP contribution in [0.4, 0.5) is 0 Å². The number of nitrogens with zero attached hydrogens (tertiary/aromatic N) is 1. The molecule has 1 aliphatic carbocycles. The van der Waals surface area contributed by atoms with E-state index in [9.17, 15) is 18.0 Å². The SMILES string of the molecule is O=C1CN(S(=O)(=O)c2ccc(C(=O)NC(c3cccs3)C3CCCC3)cc2)CCN1. The molecule has 1 saturated carbocycles. The van der Waals surface area contributed by atoms with Gasteiger partial charge in [0.15, 0.2) is 0 Å². The number of hydrogen-bond donors (Lipinski definition) is 2. The normalized spacial score (nSPS) is 19.4. The number of piperazine rings is 1. The Morgan fingerprint density at radius 1 is 1.17 bits per heavy atom. The molecule has 2 aliphatic rings. The third kappa shape index (κ3) is 4.43. The van der Waals surface area contributed by atoms with Crippen molar-refractivity contribution < 1.29 is 18.0 Å². The van der Waals surface area contributed by atoms with E-state index in [0.29, 0.717) is 18.0 Å². The first-order valence-electron chi connectivity index (χ1n) is 10.2. The van der Waals surface area contributed by atoms with E-state index in [0.717, 1.165) is 22.0 Å². The van der Waals surface area contributed by atoms with Gasteiger partial charge in [0.2, 0.25) is 15.9 Å². The molecule has 1 saturated heterocycles. The van der Waals surface area contributed by atoms with Gasteiger partial charge in [0.25, 0.3) is 5.91 Å². The zero-order valence-electron chi connectivity index (χ0n) is 16.5. The van der Waals surface area contributed by atoms with Crippen molar-refractivity contribution in [3.63, 3.8) is 0 Å². The summed E-state index contributed by atoms with van der Waals surface area (Å²) in [5.41, 5.74) is 0.421. The topological polar surface area (TPSA) is 95.6 Å². The summed E-state index contributed by atoms with van der Waals surface area (Å²) >= 11 is 1.64. The summed E-state index contributed by atoms with van der Waals surface area (Å²) in [7, 11) is -3.77. The van der Waals surface area contributed by atoms with Crippen LogP contribution in [-0.4, -0.2) is 44.2 Å². The molecule has 4 rings (SSSR count). The molecule has 2 heterocycles. The van der Waals surface area contributed by atoms with Gasteiger partial charge in [-0.1, -0.05) is 18.9 Å². The van der Waals surface area contributed by atoms with E-state index in [1.54, 1.807) is 11.3 Å². The summed E-state index contributed by atoms with van der Waals surface area (Å²) in [6.45, 7) is 0.346. The third-order valence-electron chi connectivity index (χ3n) is 5.77. The molecule has 0 spiro atoms. The maximum absolute atomic E-state index is 12.9. The van der Waals surface area contributed by atoms with Gasteiger partial charge < -0.3 is 10.6 Å². The zero-order chi connectivity index (χ0) is 21.1. The predicted octanol–water partition coefficient (Wildman–Crippen LogP) is 2.53. The molecule has 30 heavy (non-hydrogen) atoms. The Hall–Kier alpha value is -2.23. The maximum Gasteiger partial charge on any atom is 0.251 e. The van der Waals surface area contributed by atoms with Crippen molar-refractivity contribution in [1.82, 2.24) is 14.9 Å². The van der Waals surface area contributed by atoms with E-state index >= 15 is 0 Å². The predicted molar refractivity (Wildman–Crippen MR) is 115 cm³/mol. The smallest absolute Gasteiger partial charge is 0.251 e. The van der Waals surface area contributed by atoms with Crippen LogP contribution in [0.15, 0.2) is 46.7 Å². The Morgan fingerprint density at radius 3 is 2.53 bits per heavy atom. The van der Waals surface area contributed by atoms with Gasteiger partial charge in [-0.3, -0.25) is 9.59 Å². The van der Waals surface area contributed by atoms with Crippen LogP contribution in [0.25, 0.3) is 0 Å². The van der Waals surface area contributed by atoms with E-state index in [-0.39, 0.29) is 35.8 Å². The van der Waals surface area contributed by atoms with Crippen molar-refractivity contribution in [1.29, 1.82) is 0 Å². The van der Waals surface area contributed by atoms with Gasteiger partial charge in [-0.15, -0.1) is 11.3 Å². The molecule has 160 valence electrons. The lowest BCUT2D eigenvalue weighted by molar-refractivity contribution is -0.122. The Morgan fingerprint density at radius 2 is 1.90 bits per heavy atom. The van der Waals surface area contributed by atoms with Crippen molar-refractivity contribution in [2.45, 2.75) is 36.6 Å². The lowest BCUT2D eigenvalue weighted by atomic mass is 9.96. The summed E-state index contributed by atoms with van der Waals surface area (Å²) in [4.78, 5) is 25.7. The highest BCUT2D eigenvalue weighted by atomic mass is 32.2. The molecule has 1 aliphatic heterocycles. The van der Waals surface area contributed by atoms with Crippen molar-refractivity contribution in [2.75, 3.05) is 19.6 Å². The Bertz CT molecular complexity index is 997. The largest absolute Gasteiger partial charge is 0.354 e. The van der Waals surface area contributed by atoms with E-state index in [4.69, 9.17) is 0 Å². The minimum Gasteiger partial charge on any atom is -0.354 e. The number of amides is 2. The highest BCUT2D eigenvalue weighted by Gasteiger charge is 2.30. The second-order valence-corrected chi connectivity index (χ2v) is 10.6. The molecule has 2 fully saturated rings. The van der Waals surface area contributed by atoms with Gasteiger partial charge in [-0.2, -0.15) is 4.31 Å². The summed E-state index contributed by atoms with van der Waals surface area (Å²) in [6.07, 6.45) is 4.57. The van der Waals surface area contributed by atoms with Crippen molar-refractivity contribution in [3.8, 4) is 0 Å². The average Bonchev–Trinajstić information content (AvgIpc) is 3.46. The molecule has 2 aromatic rings. The highest BCUT2D eigenvalue weighted by molar-refractivity contribution is 7.89. The molecule has 1 aromatic carbocycles. The molecule has 9 heteroatoms. The second kappa shape index (κ2) is 8.87. The first kappa shape index (κ1) is 21.0. The number of carbonyl (C=O) groups excluding carboxylic acids is 2. The minimum absolute atomic E-state index is 0.0183. The van der Waals surface area contributed by atoms with Crippen LogP contribution >= 0.6 is 11.3 Å². The number of rotatable bonds is 6. The minimum atomic E-state index is -3.77. The molecular weight excluding hydrogens is 422 g/mol. The Balaban J connectivity index is 1.49. The van der Waals surface area contributed by atoms with Crippen LogP contribution in [0.3, 0.4) is 0 Å². The summed E-state index contributed by atoms with van der Waals surface area (Å²) < 4.78 is 26.7. The number of carbonyl (C=O) groups is 2. The van der Waals surface area contributed by atoms with Crippen LogP contribution < -0.4 is 10.6 Å². The maximum atomic E-state index is 12.9. The fraction of sp³-hybridized carbons (Fsp3) is 0.429. The molecule has 0 radical (unpaired) electrons. The van der Waals surface area contributed by atoms with Crippen LogP contribution in [0, 0.1) is 5.92 Å². The first-order valence-corrected chi connectivity index (χ1v) is 12.5. The van der Waals surface area contributed by atoms with Gasteiger partial charge in [-0.05, 0) is 54.5 Å². The van der Waals surface area contributed by atoms with Gasteiger partial charge in [0.1, 0.15) is 0 Å². The van der Waals surface area contributed by atoms with Gasteiger partial charge in [0.05, 0.1) is 17.5 Å². The number of benzene rings is 1. The van der Waals surface area contributed by atoms with E-state index in [2.05, 4.69) is 16.7 Å². The van der Waals surface area contributed by atoms with Crippen LogP contribution in [0.5, 0.6) is 0 Å². The summed E-state index contributed by atoms with van der Waals surface area (Å²) in [6, 6.07) is 9.97. The fourth-order valence-electron chi connectivity index (χ4n) is 4.15. The molecule has 2 amide bonds. The third-order valence-corrected chi connectivity index (χ3v) is 8.58. The van der Waals surface area contributed by atoms with E-state index < -0.39 is 10.0 Å². The number of hydrogen-bond acceptors (Lipinski definition) is 5. The Kier molecular flexibility index (Phi) is 6.21. The number of sulfonamides is 1. The van der Waals surface area contributed by atoms with Crippen molar-refractivity contribution >= 4 is 33.2 Å². The lowest BCUT2D eigenvalue weighted by Gasteiger charge is -2.26. The molecular formula is C21H25N3O4S2. The first-order chi connectivity index (χ1) is 14.4. The molecule has 1 aromatic heterocycles. The molecule has 1 unspecified atom stereocenters.